The molecule has 0 aliphatic carbocycles. The molecule has 0 atom stereocenters. The lowest BCUT2D eigenvalue weighted by Crippen LogP contribution is -2.44. The Kier molecular flexibility index (Phi) is 5.54. The van der Waals surface area contributed by atoms with Crippen molar-refractivity contribution in [3.63, 3.8) is 0 Å². The van der Waals surface area contributed by atoms with Crippen LogP contribution in [-0.4, -0.2) is 44.3 Å². The third-order valence-corrected chi connectivity index (χ3v) is 4.31. The summed E-state index contributed by atoms with van der Waals surface area (Å²) >= 11 is 1.46. The van der Waals surface area contributed by atoms with Gasteiger partial charge in [0.2, 0.25) is 0 Å². The summed E-state index contributed by atoms with van der Waals surface area (Å²) < 4.78 is 15.7. The van der Waals surface area contributed by atoms with E-state index < -0.39 is 5.41 Å². The Bertz CT molecular complexity index is 437. The second kappa shape index (κ2) is 7.17. The van der Waals surface area contributed by atoms with Gasteiger partial charge in [-0.15, -0.1) is 11.3 Å². The molecule has 1 saturated heterocycles. The van der Waals surface area contributed by atoms with Crippen LogP contribution in [0.2, 0.25) is 0 Å². The lowest BCUT2D eigenvalue weighted by molar-refractivity contribution is -0.187. The van der Waals surface area contributed by atoms with E-state index in [1.54, 1.807) is 6.07 Å². The van der Waals surface area contributed by atoms with Crippen molar-refractivity contribution in [3.05, 3.63) is 21.9 Å². The predicted octanol–water partition coefficient (Wildman–Crippen LogP) is 1.84. The number of hydrogen-bond acceptors (Lipinski definition) is 6. The molecule has 1 aromatic rings. The van der Waals surface area contributed by atoms with Gasteiger partial charge < -0.3 is 19.3 Å². The van der Waals surface area contributed by atoms with Crippen LogP contribution in [0, 0.1) is 5.41 Å². The molecule has 1 aliphatic rings. The summed E-state index contributed by atoms with van der Waals surface area (Å²) in [7, 11) is 0. The second-order valence-electron chi connectivity index (χ2n) is 5.06. The SMILES string of the molecule is CCCc1ccc(C(=O)OCC2(CO)COCOC2)s1. The molecule has 6 heteroatoms. The maximum Gasteiger partial charge on any atom is 0.348 e. The van der Waals surface area contributed by atoms with Crippen LogP contribution in [0.15, 0.2) is 12.1 Å². The minimum absolute atomic E-state index is 0.101. The highest BCUT2D eigenvalue weighted by molar-refractivity contribution is 7.13. The number of carbonyl (C=O) groups is 1. The van der Waals surface area contributed by atoms with Crippen LogP contribution in [0.3, 0.4) is 0 Å². The molecule has 1 aromatic heterocycles. The average molecular weight is 300 g/mol. The second-order valence-corrected chi connectivity index (χ2v) is 6.23. The van der Waals surface area contributed by atoms with Gasteiger partial charge in [0.05, 0.1) is 25.2 Å². The van der Waals surface area contributed by atoms with E-state index in [0.717, 1.165) is 12.8 Å². The molecular formula is C14H20O5S. The van der Waals surface area contributed by atoms with Crippen LogP contribution in [0.25, 0.3) is 0 Å². The van der Waals surface area contributed by atoms with Crippen molar-refractivity contribution >= 4 is 17.3 Å². The zero-order chi connectivity index (χ0) is 14.4. The van der Waals surface area contributed by atoms with Gasteiger partial charge in [0, 0.05) is 4.88 Å². The van der Waals surface area contributed by atoms with Crippen molar-refractivity contribution in [1.29, 1.82) is 0 Å². The summed E-state index contributed by atoms with van der Waals surface area (Å²) in [4.78, 5) is 13.8. The first kappa shape index (κ1) is 15.4. The minimum Gasteiger partial charge on any atom is -0.461 e. The van der Waals surface area contributed by atoms with E-state index in [2.05, 4.69) is 6.92 Å². The van der Waals surface area contributed by atoms with Gasteiger partial charge in [0.1, 0.15) is 18.3 Å². The highest BCUT2D eigenvalue weighted by Crippen LogP contribution is 2.24. The number of aryl methyl sites for hydroxylation is 1. The molecule has 0 saturated carbocycles. The molecular weight excluding hydrogens is 280 g/mol. The van der Waals surface area contributed by atoms with Crippen molar-refractivity contribution < 1.29 is 24.1 Å². The number of thiophene rings is 1. The molecule has 112 valence electrons. The van der Waals surface area contributed by atoms with Crippen molar-refractivity contribution in [3.8, 4) is 0 Å². The third-order valence-electron chi connectivity index (χ3n) is 3.19. The van der Waals surface area contributed by atoms with Crippen LogP contribution >= 0.6 is 11.3 Å². The van der Waals surface area contributed by atoms with Gasteiger partial charge in [0.15, 0.2) is 0 Å². The summed E-state index contributed by atoms with van der Waals surface area (Å²) in [6.07, 6.45) is 2.03. The average Bonchev–Trinajstić information content (AvgIpc) is 2.95. The molecule has 0 spiro atoms. The number of esters is 1. The van der Waals surface area contributed by atoms with Gasteiger partial charge in [0.25, 0.3) is 0 Å². The first-order chi connectivity index (χ1) is 9.69. The Morgan fingerprint density at radius 3 is 2.85 bits per heavy atom. The lowest BCUT2D eigenvalue weighted by Gasteiger charge is -2.34. The normalized spacial score (nSPS) is 17.9. The number of hydrogen-bond donors (Lipinski definition) is 1. The van der Waals surface area contributed by atoms with Gasteiger partial charge in [-0.3, -0.25) is 0 Å². The quantitative estimate of drug-likeness (QED) is 0.812. The van der Waals surface area contributed by atoms with Gasteiger partial charge in [-0.25, -0.2) is 4.79 Å². The van der Waals surface area contributed by atoms with Gasteiger partial charge in [-0.05, 0) is 18.6 Å². The number of carbonyl (C=O) groups excluding carboxylic acids is 1. The Morgan fingerprint density at radius 1 is 1.45 bits per heavy atom. The molecule has 20 heavy (non-hydrogen) atoms. The fourth-order valence-electron chi connectivity index (χ4n) is 2.00. The summed E-state index contributed by atoms with van der Waals surface area (Å²) in [6.45, 7) is 2.96. The Balaban J connectivity index is 1.89. The number of aliphatic hydroxyl groups excluding tert-OH is 1. The molecule has 2 rings (SSSR count). The van der Waals surface area contributed by atoms with Crippen LogP contribution in [0.5, 0.6) is 0 Å². The van der Waals surface area contributed by atoms with E-state index in [-0.39, 0.29) is 26.0 Å². The summed E-state index contributed by atoms with van der Waals surface area (Å²) in [6, 6.07) is 3.75. The molecule has 1 aliphatic heterocycles. The van der Waals surface area contributed by atoms with E-state index >= 15 is 0 Å². The lowest BCUT2D eigenvalue weighted by atomic mass is 9.92. The number of rotatable bonds is 6. The molecule has 0 unspecified atom stereocenters. The van der Waals surface area contributed by atoms with E-state index in [1.165, 1.54) is 16.2 Å². The standard InChI is InChI=1S/C14H20O5S/c1-2-3-11-4-5-12(20-11)13(16)19-9-14(6-15)7-17-10-18-8-14/h4-5,15H,2-3,6-10H2,1H3. The number of aliphatic hydroxyl groups is 1. The molecule has 0 radical (unpaired) electrons. The van der Waals surface area contributed by atoms with Crippen molar-refractivity contribution in [2.45, 2.75) is 19.8 Å². The van der Waals surface area contributed by atoms with Crippen LogP contribution in [-0.2, 0) is 20.6 Å². The van der Waals surface area contributed by atoms with Crippen molar-refractivity contribution in [2.24, 2.45) is 5.41 Å². The maximum atomic E-state index is 12.0. The molecule has 0 aromatic carbocycles. The molecule has 5 nitrogen and oxygen atoms in total. The fourth-order valence-corrected chi connectivity index (χ4v) is 3.00. The summed E-state index contributed by atoms with van der Waals surface area (Å²) in [5.74, 6) is -0.351. The highest BCUT2D eigenvalue weighted by Gasteiger charge is 2.35. The zero-order valence-corrected chi connectivity index (χ0v) is 12.4. The minimum atomic E-state index is -0.641. The van der Waals surface area contributed by atoms with Gasteiger partial charge >= 0.3 is 5.97 Å². The maximum absolute atomic E-state index is 12.0. The highest BCUT2D eigenvalue weighted by atomic mass is 32.1. The van der Waals surface area contributed by atoms with Crippen LogP contribution in [0.4, 0.5) is 0 Å². The Labute approximate surface area is 122 Å². The van der Waals surface area contributed by atoms with E-state index in [9.17, 15) is 9.90 Å². The van der Waals surface area contributed by atoms with E-state index in [0.29, 0.717) is 18.1 Å². The molecule has 2 heterocycles. The monoisotopic (exact) mass is 300 g/mol. The molecule has 0 bridgehead atoms. The van der Waals surface area contributed by atoms with Crippen LogP contribution in [0.1, 0.15) is 27.9 Å². The van der Waals surface area contributed by atoms with E-state index in [1.807, 2.05) is 6.07 Å². The molecule has 1 N–H and O–H groups in total. The van der Waals surface area contributed by atoms with Crippen molar-refractivity contribution in [1.82, 2.24) is 0 Å². The Morgan fingerprint density at radius 2 is 2.20 bits per heavy atom. The first-order valence-electron chi connectivity index (χ1n) is 6.71. The summed E-state index contributed by atoms with van der Waals surface area (Å²) in [5, 5.41) is 9.45. The van der Waals surface area contributed by atoms with Crippen molar-refractivity contribution in [2.75, 3.05) is 33.2 Å². The van der Waals surface area contributed by atoms with Gasteiger partial charge in [-0.1, -0.05) is 13.3 Å². The third kappa shape index (κ3) is 3.79. The largest absolute Gasteiger partial charge is 0.461 e. The summed E-state index contributed by atoms with van der Waals surface area (Å²) in [5.41, 5.74) is -0.641. The topological polar surface area (TPSA) is 65.0 Å². The van der Waals surface area contributed by atoms with E-state index in [4.69, 9.17) is 14.2 Å². The molecule has 1 fully saturated rings. The van der Waals surface area contributed by atoms with Gasteiger partial charge in [-0.2, -0.15) is 0 Å². The fraction of sp³-hybridized carbons (Fsp3) is 0.643. The van der Waals surface area contributed by atoms with Crippen LogP contribution < -0.4 is 0 Å². The zero-order valence-electron chi connectivity index (χ0n) is 11.6. The first-order valence-corrected chi connectivity index (χ1v) is 7.53. The smallest absolute Gasteiger partial charge is 0.348 e. The Hall–Kier alpha value is -0.950. The predicted molar refractivity (Wildman–Crippen MR) is 74.9 cm³/mol. The molecule has 0 amide bonds. The number of ether oxygens (including phenoxy) is 3.